The summed E-state index contributed by atoms with van der Waals surface area (Å²) in [6, 6.07) is 7.22. The van der Waals surface area contributed by atoms with Gasteiger partial charge in [-0.25, -0.2) is 4.68 Å². The number of carbonyl (C=O) groups is 1. The van der Waals surface area contributed by atoms with Gasteiger partial charge in [0.05, 0.1) is 24.0 Å². The molecule has 2 rings (SSSR count). The van der Waals surface area contributed by atoms with Gasteiger partial charge in [0.25, 0.3) is 0 Å². The van der Waals surface area contributed by atoms with Gasteiger partial charge in [0.2, 0.25) is 0 Å². The van der Waals surface area contributed by atoms with Gasteiger partial charge >= 0.3 is 0 Å². The molecule has 1 aromatic carbocycles. The van der Waals surface area contributed by atoms with Crippen molar-refractivity contribution in [1.82, 2.24) is 15.0 Å². The third-order valence-electron chi connectivity index (χ3n) is 2.12. The van der Waals surface area contributed by atoms with Crippen LogP contribution in [0.15, 0.2) is 30.5 Å². The van der Waals surface area contributed by atoms with Crippen LogP contribution in [-0.4, -0.2) is 20.8 Å². The van der Waals surface area contributed by atoms with Gasteiger partial charge in [-0.05, 0) is 31.2 Å². The highest BCUT2D eigenvalue weighted by atomic mass is 35.5. The first-order valence-corrected chi connectivity index (χ1v) is 5.19. The summed E-state index contributed by atoms with van der Waals surface area (Å²) >= 11 is 5.80. The second-order valence-corrected chi connectivity index (χ2v) is 3.93. The molecule has 0 aliphatic carbocycles. The fourth-order valence-corrected chi connectivity index (χ4v) is 1.56. The number of ketones is 1. The summed E-state index contributed by atoms with van der Waals surface area (Å²) < 4.78 is 1.64. The number of benzene rings is 1. The van der Waals surface area contributed by atoms with E-state index >= 15 is 0 Å². The van der Waals surface area contributed by atoms with Crippen LogP contribution in [0.3, 0.4) is 0 Å². The van der Waals surface area contributed by atoms with Crippen molar-refractivity contribution < 1.29 is 4.79 Å². The summed E-state index contributed by atoms with van der Waals surface area (Å²) in [5.74, 6) is 0.0810. The molecule has 0 bridgehead atoms. The van der Waals surface area contributed by atoms with Crippen molar-refractivity contribution >= 4 is 17.4 Å². The van der Waals surface area contributed by atoms with Crippen LogP contribution in [0.4, 0.5) is 0 Å². The minimum absolute atomic E-state index is 0.0810. The van der Waals surface area contributed by atoms with Crippen LogP contribution in [0.1, 0.15) is 12.6 Å². The van der Waals surface area contributed by atoms with E-state index in [2.05, 4.69) is 10.3 Å². The first kappa shape index (κ1) is 10.8. The standard InChI is InChI=1S/C11H10ClN3O/c1-8(16)6-11-7-13-14-15(11)10-4-2-9(12)3-5-10/h2-5,7H,6H2,1H3. The lowest BCUT2D eigenvalue weighted by atomic mass is 10.2. The smallest absolute Gasteiger partial charge is 0.135 e. The van der Waals surface area contributed by atoms with Crippen molar-refractivity contribution in [2.75, 3.05) is 0 Å². The Hall–Kier alpha value is -1.68. The van der Waals surface area contributed by atoms with Crippen molar-refractivity contribution in [1.29, 1.82) is 0 Å². The average Bonchev–Trinajstić information content (AvgIpc) is 2.66. The summed E-state index contributed by atoms with van der Waals surface area (Å²) in [5.41, 5.74) is 1.62. The van der Waals surface area contributed by atoms with Gasteiger partial charge < -0.3 is 0 Å². The maximum Gasteiger partial charge on any atom is 0.135 e. The second-order valence-electron chi connectivity index (χ2n) is 3.49. The highest BCUT2D eigenvalue weighted by molar-refractivity contribution is 6.30. The third kappa shape index (κ3) is 2.28. The van der Waals surface area contributed by atoms with E-state index < -0.39 is 0 Å². The second kappa shape index (κ2) is 4.45. The molecule has 16 heavy (non-hydrogen) atoms. The van der Waals surface area contributed by atoms with E-state index in [0.717, 1.165) is 11.4 Å². The minimum atomic E-state index is 0.0810. The molecule has 1 aromatic heterocycles. The predicted molar refractivity (Wildman–Crippen MR) is 60.8 cm³/mol. The molecule has 82 valence electrons. The van der Waals surface area contributed by atoms with Crippen molar-refractivity contribution in [2.24, 2.45) is 0 Å². The largest absolute Gasteiger partial charge is 0.300 e. The Morgan fingerprint density at radius 1 is 1.38 bits per heavy atom. The van der Waals surface area contributed by atoms with Crippen LogP contribution in [0, 0.1) is 0 Å². The molecule has 0 N–H and O–H groups in total. The van der Waals surface area contributed by atoms with Crippen LogP contribution in [-0.2, 0) is 11.2 Å². The van der Waals surface area contributed by atoms with E-state index in [4.69, 9.17) is 11.6 Å². The van der Waals surface area contributed by atoms with Crippen LogP contribution >= 0.6 is 11.6 Å². The van der Waals surface area contributed by atoms with Gasteiger partial charge in [-0.15, -0.1) is 5.10 Å². The molecule has 4 nitrogen and oxygen atoms in total. The molecule has 0 fully saturated rings. The lowest BCUT2D eigenvalue weighted by molar-refractivity contribution is -0.116. The zero-order chi connectivity index (χ0) is 11.5. The van der Waals surface area contributed by atoms with Crippen LogP contribution in [0.5, 0.6) is 0 Å². The number of hydrogen-bond acceptors (Lipinski definition) is 3. The van der Waals surface area contributed by atoms with Gasteiger partial charge in [0.1, 0.15) is 5.78 Å². The zero-order valence-electron chi connectivity index (χ0n) is 8.72. The Balaban J connectivity index is 2.36. The van der Waals surface area contributed by atoms with E-state index in [-0.39, 0.29) is 5.78 Å². The van der Waals surface area contributed by atoms with Gasteiger partial charge in [-0.3, -0.25) is 4.79 Å². The monoisotopic (exact) mass is 235 g/mol. The molecule has 0 aliphatic rings. The molecule has 0 radical (unpaired) electrons. The van der Waals surface area contributed by atoms with Crippen LogP contribution in [0.25, 0.3) is 5.69 Å². The number of rotatable bonds is 3. The maximum absolute atomic E-state index is 11.1. The van der Waals surface area contributed by atoms with E-state index in [1.54, 1.807) is 29.9 Å². The highest BCUT2D eigenvalue weighted by Crippen LogP contribution is 2.14. The molecule has 0 saturated heterocycles. The number of nitrogens with zero attached hydrogens (tertiary/aromatic N) is 3. The van der Waals surface area contributed by atoms with Crippen molar-refractivity contribution in [3.8, 4) is 5.69 Å². The van der Waals surface area contributed by atoms with Gasteiger partial charge in [-0.1, -0.05) is 16.8 Å². The molecule has 1 heterocycles. The zero-order valence-corrected chi connectivity index (χ0v) is 9.48. The van der Waals surface area contributed by atoms with E-state index in [1.165, 1.54) is 0 Å². The topological polar surface area (TPSA) is 47.8 Å². The van der Waals surface area contributed by atoms with E-state index in [9.17, 15) is 4.79 Å². The molecule has 2 aromatic rings. The molecular formula is C11H10ClN3O. The molecule has 0 aliphatic heterocycles. The maximum atomic E-state index is 11.1. The summed E-state index contributed by atoms with van der Waals surface area (Å²) in [4.78, 5) is 11.1. The number of aromatic nitrogens is 3. The average molecular weight is 236 g/mol. The summed E-state index contributed by atoms with van der Waals surface area (Å²) in [5, 5.41) is 8.41. The molecule has 0 spiro atoms. The third-order valence-corrected chi connectivity index (χ3v) is 2.37. The van der Waals surface area contributed by atoms with Gasteiger partial charge in [0, 0.05) is 5.02 Å². The molecule has 0 unspecified atom stereocenters. The Morgan fingerprint density at radius 3 is 2.69 bits per heavy atom. The van der Waals surface area contributed by atoms with Crippen LogP contribution < -0.4 is 0 Å². The summed E-state index contributed by atoms with van der Waals surface area (Å²) in [7, 11) is 0. The number of carbonyl (C=O) groups excluding carboxylic acids is 1. The lowest BCUT2D eigenvalue weighted by Crippen LogP contribution is -2.06. The fourth-order valence-electron chi connectivity index (χ4n) is 1.43. The Labute approximate surface area is 97.8 Å². The van der Waals surface area contributed by atoms with E-state index in [0.29, 0.717) is 11.4 Å². The summed E-state index contributed by atoms with van der Waals surface area (Å²) in [6.45, 7) is 1.54. The SMILES string of the molecule is CC(=O)Cc1cnnn1-c1ccc(Cl)cc1. The lowest BCUT2D eigenvalue weighted by Gasteiger charge is -2.04. The highest BCUT2D eigenvalue weighted by Gasteiger charge is 2.07. The van der Waals surface area contributed by atoms with Gasteiger partial charge in [-0.2, -0.15) is 0 Å². The summed E-state index contributed by atoms with van der Waals surface area (Å²) in [6.07, 6.45) is 1.92. The molecule has 0 saturated carbocycles. The number of hydrogen-bond donors (Lipinski definition) is 0. The molecule has 5 heteroatoms. The Kier molecular flexibility index (Phi) is 3.01. The normalized spacial score (nSPS) is 10.4. The first-order valence-electron chi connectivity index (χ1n) is 4.82. The molecular weight excluding hydrogens is 226 g/mol. The van der Waals surface area contributed by atoms with Crippen molar-refractivity contribution in [3.05, 3.63) is 41.2 Å². The van der Waals surface area contributed by atoms with E-state index in [1.807, 2.05) is 12.1 Å². The quantitative estimate of drug-likeness (QED) is 0.818. The van der Waals surface area contributed by atoms with Crippen molar-refractivity contribution in [2.45, 2.75) is 13.3 Å². The fraction of sp³-hybridized carbons (Fsp3) is 0.182. The van der Waals surface area contributed by atoms with Gasteiger partial charge in [0.15, 0.2) is 0 Å². The Bertz CT molecular complexity index is 504. The number of Topliss-reactive ketones (excluding diaryl/α,β-unsaturated/α-hetero) is 1. The molecule has 0 amide bonds. The molecule has 0 atom stereocenters. The predicted octanol–water partition coefficient (Wildman–Crippen LogP) is 2.05. The first-order chi connectivity index (χ1) is 7.66. The van der Waals surface area contributed by atoms with Crippen LogP contribution in [0.2, 0.25) is 5.02 Å². The Morgan fingerprint density at radius 2 is 2.06 bits per heavy atom. The number of halogens is 1. The van der Waals surface area contributed by atoms with Crippen molar-refractivity contribution in [3.63, 3.8) is 0 Å². The minimum Gasteiger partial charge on any atom is -0.300 e.